The third kappa shape index (κ3) is 1.89. The summed E-state index contributed by atoms with van der Waals surface area (Å²) in [6.07, 6.45) is 3.67. The minimum absolute atomic E-state index is 0.173. The van der Waals surface area contributed by atoms with Gasteiger partial charge in [-0.25, -0.2) is 0 Å². The van der Waals surface area contributed by atoms with Crippen molar-refractivity contribution in [1.82, 2.24) is 0 Å². The van der Waals surface area contributed by atoms with Gasteiger partial charge in [-0.1, -0.05) is 48.5 Å². The van der Waals surface area contributed by atoms with Crippen molar-refractivity contribution in [3.63, 3.8) is 0 Å². The van der Waals surface area contributed by atoms with Gasteiger partial charge in [-0.3, -0.25) is 4.79 Å². The fraction of sp³-hybridized carbons (Fsp3) is 0.316. The van der Waals surface area contributed by atoms with Crippen LogP contribution in [0.4, 0.5) is 0 Å². The molecule has 2 aliphatic rings. The van der Waals surface area contributed by atoms with E-state index in [0.29, 0.717) is 5.78 Å². The maximum absolute atomic E-state index is 12.8. The summed E-state index contributed by atoms with van der Waals surface area (Å²) >= 11 is 0. The molecule has 4 rings (SSSR count). The molecule has 0 amide bonds. The zero-order valence-electron chi connectivity index (χ0n) is 11.5. The highest BCUT2D eigenvalue weighted by Crippen LogP contribution is 2.34. The van der Waals surface area contributed by atoms with Gasteiger partial charge < -0.3 is 0 Å². The van der Waals surface area contributed by atoms with Crippen LogP contribution in [0.2, 0.25) is 0 Å². The lowest BCUT2D eigenvalue weighted by Gasteiger charge is -2.13. The number of hydrogen-bond donors (Lipinski definition) is 0. The van der Waals surface area contributed by atoms with Crippen molar-refractivity contribution in [3.05, 3.63) is 70.8 Å². The van der Waals surface area contributed by atoms with Crippen LogP contribution in [-0.4, -0.2) is 5.78 Å². The average molecular weight is 262 g/mol. The Morgan fingerprint density at radius 3 is 1.20 bits per heavy atom. The van der Waals surface area contributed by atoms with Gasteiger partial charge in [0, 0.05) is 11.8 Å². The molecule has 0 heterocycles. The van der Waals surface area contributed by atoms with E-state index in [-0.39, 0.29) is 11.8 Å². The van der Waals surface area contributed by atoms with Gasteiger partial charge in [0.15, 0.2) is 0 Å². The second-order valence-electron chi connectivity index (χ2n) is 6.15. The Morgan fingerprint density at radius 2 is 0.900 bits per heavy atom. The smallest absolute Gasteiger partial charge is 0.140 e. The molecule has 0 N–H and O–H groups in total. The summed E-state index contributed by atoms with van der Waals surface area (Å²) in [7, 11) is 0. The van der Waals surface area contributed by atoms with E-state index in [2.05, 4.69) is 48.5 Å². The van der Waals surface area contributed by atoms with E-state index in [1.54, 1.807) is 0 Å². The van der Waals surface area contributed by atoms with Gasteiger partial charge in [-0.15, -0.1) is 0 Å². The molecule has 0 saturated carbocycles. The highest BCUT2D eigenvalue weighted by molar-refractivity contribution is 5.86. The van der Waals surface area contributed by atoms with Gasteiger partial charge in [0.25, 0.3) is 0 Å². The molecular weight excluding hydrogens is 244 g/mol. The summed E-state index contributed by atoms with van der Waals surface area (Å²) in [5.41, 5.74) is 5.53. The minimum atomic E-state index is 0.173. The van der Waals surface area contributed by atoms with Gasteiger partial charge in [-0.2, -0.15) is 0 Å². The van der Waals surface area contributed by atoms with Crippen LogP contribution in [0.25, 0.3) is 0 Å². The van der Waals surface area contributed by atoms with Gasteiger partial charge >= 0.3 is 0 Å². The first-order valence-electron chi connectivity index (χ1n) is 7.48. The number of carbonyl (C=O) groups is 1. The van der Waals surface area contributed by atoms with Crippen LogP contribution in [0.15, 0.2) is 48.5 Å². The standard InChI is InChI=1S/C19H18O/c20-19-17-9-13-5-1-2-6-14(13)10-18(19)12-16-8-4-3-7-15(16)11-17/h1-8,17-18H,9-12H2. The monoisotopic (exact) mass is 262 g/mol. The summed E-state index contributed by atoms with van der Waals surface area (Å²) in [6.45, 7) is 0. The van der Waals surface area contributed by atoms with Gasteiger partial charge in [0.05, 0.1) is 0 Å². The number of benzene rings is 2. The molecule has 0 saturated heterocycles. The fourth-order valence-electron chi connectivity index (χ4n) is 3.85. The predicted molar refractivity (Wildman–Crippen MR) is 79.7 cm³/mol. The molecule has 0 atom stereocenters. The molecule has 0 fully saturated rings. The first kappa shape index (κ1) is 11.9. The zero-order chi connectivity index (χ0) is 13.5. The van der Waals surface area contributed by atoms with Crippen LogP contribution in [0.5, 0.6) is 0 Å². The number of fused-ring (bicyclic) bond motifs is 4. The first-order chi connectivity index (χ1) is 9.81. The zero-order valence-corrected chi connectivity index (χ0v) is 11.5. The van der Waals surface area contributed by atoms with Crippen LogP contribution < -0.4 is 0 Å². The predicted octanol–water partition coefficient (Wildman–Crippen LogP) is 3.39. The SMILES string of the molecule is O=C1C2Cc3ccccc3CC1Cc1ccccc1C2. The fourth-order valence-corrected chi connectivity index (χ4v) is 3.85. The average Bonchev–Trinajstić information content (AvgIpc) is 2.68. The topological polar surface area (TPSA) is 17.1 Å². The van der Waals surface area contributed by atoms with Crippen LogP contribution in [-0.2, 0) is 30.5 Å². The van der Waals surface area contributed by atoms with E-state index in [4.69, 9.17) is 0 Å². The Labute approximate surface area is 119 Å². The lowest BCUT2D eigenvalue weighted by Crippen LogP contribution is -2.24. The maximum atomic E-state index is 12.8. The van der Waals surface area contributed by atoms with Crippen molar-refractivity contribution in [2.75, 3.05) is 0 Å². The van der Waals surface area contributed by atoms with E-state index in [0.717, 1.165) is 25.7 Å². The Morgan fingerprint density at radius 1 is 0.600 bits per heavy atom. The molecule has 0 aromatic heterocycles. The van der Waals surface area contributed by atoms with E-state index in [9.17, 15) is 4.79 Å². The largest absolute Gasteiger partial charge is 0.299 e. The highest BCUT2D eigenvalue weighted by Gasteiger charge is 2.34. The summed E-state index contributed by atoms with van der Waals surface area (Å²) in [6, 6.07) is 17.2. The van der Waals surface area contributed by atoms with Gasteiger partial charge in [0.2, 0.25) is 0 Å². The van der Waals surface area contributed by atoms with Crippen molar-refractivity contribution in [3.8, 4) is 0 Å². The third-order valence-electron chi connectivity index (χ3n) is 4.91. The number of rotatable bonds is 0. The molecule has 20 heavy (non-hydrogen) atoms. The minimum Gasteiger partial charge on any atom is -0.299 e. The van der Waals surface area contributed by atoms with Gasteiger partial charge in [0.1, 0.15) is 5.78 Å². The lowest BCUT2D eigenvalue weighted by molar-refractivity contribution is -0.126. The Bertz CT molecular complexity index is 563. The molecule has 1 nitrogen and oxygen atoms in total. The molecule has 100 valence electrons. The van der Waals surface area contributed by atoms with Crippen LogP contribution in [0, 0.1) is 11.8 Å². The van der Waals surface area contributed by atoms with E-state index < -0.39 is 0 Å². The molecule has 0 unspecified atom stereocenters. The van der Waals surface area contributed by atoms with Crippen molar-refractivity contribution < 1.29 is 4.79 Å². The summed E-state index contributed by atoms with van der Waals surface area (Å²) in [5, 5.41) is 0. The molecule has 2 aliphatic carbocycles. The summed E-state index contributed by atoms with van der Waals surface area (Å²) < 4.78 is 0. The Hall–Kier alpha value is -1.89. The molecule has 2 aromatic rings. The highest BCUT2D eigenvalue weighted by atomic mass is 16.1. The molecule has 2 aromatic carbocycles. The van der Waals surface area contributed by atoms with E-state index in [1.807, 2.05) is 0 Å². The normalized spacial score (nSPS) is 24.3. The van der Waals surface area contributed by atoms with Crippen molar-refractivity contribution >= 4 is 5.78 Å². The van der Waals surface area contributed by atoms with E-state index in [1.165, 1.54) is 22.3 Å². The van der Waals surface area contributed by atoms with Crippen molar-refractivity contribution in [2.45, 2.75) is 25.7 Å². The van der Waals surface area contributed by atoms with Gasteiger partial charge in [-0.05, 0) is 47.9 Å². The van der Waals surface area contributed by atoms with E-state index >= 15 is 0 Å². The van der Waals surface area contributed by atoms with Crippen LogP contribution in [0.1, 0.15) is 22.3 Å². The summed E-state index contributed by atoms with van der Waals surface area (Å²) in [5.74, 6) is 0.831. The number of ketones is 1. The quantitative estimate of drug-likeness (QED) is 0.711. The third-order valence-corrected chi connectivity index (χ3v) is 4.91. The Balaban J connectivity index is 1.80. The molecular formula is C19H18O. The number of hydrogen-bond acceptors (Lipinski definition) is 1. The maximum Gasteiger partial charge on any atom is 0.140 e. The second-order valence-corrected chi connectivity index (χ2v) is 6.15. The molecule has 2 bridgehead atoms. The first-order valence-corrected chi connectivity index (χ1v) is 7.48. The van der Waals surface area contributed by atoms with Crippen molar-refractivity contribution in [2.24, 2.45) is 11.8 Å². The van der Waals surface area contributed by atoms with Crippen LogP contribution >= 0.6 is 0 Å². The lowest BCUT2D eigenvalue weighted by atomic mass is 9.89. The molecule has 0 radical (unpaired) electrons. The molecule has 0 aliphatic heterocycles. The number of carbonyl (C=O) groups excluding carboxylic acids is 1. The summed E-state index contributed by atoms with van der Waals surface area (Å²) in [4.78, 5) is 12.8. The van der Waals surface area contributed by atoms with Crippen LogP contribution in [0.3, 0.4) is 0 Å². The molecule has 1 heteroatoms. The number of Topliss-reactive ketones (excluding diaryl/α,β-unsaturated/α-hetero) is 1. The molecule has 0 spiro atoms. The second kappa shape index (κ2) is 4.59. The van der Waals surface area contributed by atoms with Crippen molar-refractivity contribution in [1.29, 1.82) is 0 Å². The Kier molecular flexibility index (Phi) is 2.73.